The van der Waals surface area contributed by atoms with Gasteiger partial charge in [-0.3, -0.25) is 0 Å². The van der Waals surface area contributed by atoms with Crippen LogP contribution in [-0.4, -0.2) is 17.7 Å². The van der Waals surface area contributed by atoms with Crippen LogP contribution in [-0.2, 0) is 6.54 Å². The number of alkyl halides is 3. The van der Waals surface area contributed by atoms with Gasteiger partial charge < -0.3 is 5.32 Å². The molecule has 92 valence electrons. The SMILES string of the molecule is FC(F)(F)CNCc1csc(-c2ccsc2)n1. The normalized spacial score (nSPS) is 11.9. The van der Waals surface area contributed by atoms with Crippen molar-refractivity contribution < 1.29 is 13.2 Å². The van der Waals surface area contributed by atoms with Crippen LogP contribution in [0.25, 0.3) is 10.6 Å². The van der Waals surface area contributed by atoms with Gasteiger partial charge in [0, 0.05) is 22.9 Å². The minimum absolute atomic E-state index is 0.139. The van der Waals surface area contributed by atoms with E-state index in [-0.39, 0.29) is 6.54 Å². The molecule has 0 saturated heterocycles. The highest BCUT2D eigenvalue weighted by Crippen LogP contribution is 2.25. The molecule has 0 aromatic carbocycles. The van der Waals surface area contributed by atoms with Crippen LogP contribution in [0.15, 0.2) is 22.2 Å². The predicted molar refractivity (Wildman–Crippen MR) is 63.2 cm³/mol. The summed E-state index contributed by atoms with van der Waals surface area (Å²) in [7, 11) is 0. The third-order valence-corrected chi connectivity index (χ3v) is 3.57. The van der Waals surface area contributed by atoms with Crippen molar-refractivity contribution >= 4 is 22.7 Å². The van der Waals surface area contributed by atoms with Gasteiger partial charge in [0.25, 0.3) is 0 Å². The van der Waals surface area contributed by atoms with Gasteiger partial charge in [-0.15, -0.1) is 11.3 Å². The van der Waals surface area contributed by atoms with Gasteiger partial charge in [0.05, 0.1) is 12.2 Å². The smallest absolute Gasteiger partial charge is 0.303 e. The Kier molecular flexibility index (Phi) is 3.80. The van der Waals surface area contributed by atoms with Crippen LogP contribution in [0.5, 0.6) is 0 Å². The number of aromatic nitrogens is 1. The molecule has 2 nitrogen and oxygen atoms in total. The molecule has 0 aliphatic rings. The zero-order chi connectivity index (χ0) is 12.3. The van der Waals surface area contributed by atoms with Crippen LogP contribution in [0.2, 0.25) is 0 Å². The van der Waals surface area contributed by atoms with Gasteiger partial charge >= 0.3 is 6.18 Å². The lowest BCUT2D eigenvalue weighted by Crippen LogP contribution is -2.28. The molecule has 2 heterocycles. The Morgan fingerprint density at radius 2 is 2.12 bits per heavy atom. The van der Waals surface area contributed by atoms with E-state index in [1.165, 1.54) is 11.3 Å². The monoisotopic (exact) mass is 278 g/mol. The highest BCUT2D eigenvalue weighted by Gasteiger charge is 2.26. The van der Waals surface area contributed by atoms with E-state index in [2.05, 4.69) is 10.3 Å². The molecule has 17 heavy (non-hydrogen) atoms. The molecule has 0 spiro atoms. The molecule has 0 unspecified atom stereocenters. The zero-order valence-corrected chi connectivity index (χ0v) is 10.3. The Hall–Kier alpha value is -0.920. The quantitative estimate of drug-likeness (QED) is 0.925. The van der Waals surface area contributed by atoms with Crippen LogP contribution in [0.3, 0.4) is 0 Å². The zero-order valence-electron chi connectivity index (χ0n) is 8.62. The minimum Gasteiger partial charge on any atom is -0.303 e. The third-order valence-electron chi connectivity index (χ3n) is 1.95. The van der Waals surface area contributed by atoms with Crippen molar-refractivity contribution in [1.82, 2.24) is 10.3 Å². The van der Waals surface area contributed by atoms with E-state index in [1.54, 1.807) is 16.7 Å². The Bertz CT molecular complexity index is 462. The molecular weight excluding hydrogens is 269 g/mol. The summed E-state index contributed by atoms with van der Waals surface area (Å²) in [5.74, 6) is 0. The van der Waals surface area contributed by atoms with E-state index in [0.29, 0.717) is 5.69 Å². The number of nitrogens with one attached hydrogen (secondary N) is 1. The van der Waals surface area contributed by atoms with E-state index in [1.807, 2.05) is 16.8 Å². The Morgan fingerprint density at radius 1 is 1.29 bits per heavy atom. The lowest BCUT2D eigenvalue weighted by molar-refractivity contribution is -0.125. The van der Waals surface area contributed by atoms with Crippen molar-refractivity contribution in [3.05, 3.63) is 27.9 Å². The number of thiophene rings is 1. The van der Waals surface area contributed by atoms with Gasteiger partial charge in [0.1, 0.15) is 5.01 Å². The fourth-order valence-electron chi connectivity index (χ4n) is 1.24. The fraction of sp³-hybridized carbons (Fsp3) is 0.300. The summed E-state index contributed by atoms with van der Waals surface area (Å²) >= 11 is 3.01. The highest BCUT2D eigenvalue weighted by molar-refractivity contribution is 7.14. The number of nitrogens with zero attached hydrogens (tertiary/aromatic N) is 1. The van der Waals surface area contributed by atoms with Crippen molar-refractivity contribution in [3.8, 4) is 10.6 Å². The van der Waals surface area contributed by atoms with E-state index in [4.69, 9.17) is 0 Å². The maximum absolute atomic E-state index is 11.9. The molecule has 0 atom stereocenters. The van der Waals surface area contributed by atoms with Gasteiger partial charge in [-0.1, -0.05) is 0 Å². The summed E-state index contributed by atoms with van der Waals surface area (Å²) in [6.45, 7) is -0.849. The van der Waals surface area contributed by atoms with Crippen molar-refractivity contribution in [2.75, 3.05) is 6.54 Å². The number of hydrogen-bond acceptors (Lipinski definition) is 4. The first-order valence-electron chi connectivity index (χ1n) is 4.79. The largest absolute Gasteiger partial charge is 0.401 e. The standard InChI is InChI=1S/C10H9F3N2S2/c11-10(12,13)6-14-3-8-5-17-9(15-8)7-1-2-16-4-7/h1-2,4-5,14H,3,6H2. The third kappa shape index (κ3) is 3.79. The van der Waals surface area contributed by atoms with Crippen molar-refractivity contribution in [2.24, 2.45) is 0 Å². The van der Waals surface area contributed by atoms with E-state index in [0.717, 1.165) is 10.6 Å². The first-order valence-corrected chi connectivity index (χ1v) is 6.61. The molecule has 0 aliphatic heterocycles. The van der Waals surface area contributed by atoms with Crippen LogP contribution in [0, 0.1) is 0 Å². The summed E-state index contributed by atoms with van der Waals surface area (Å²) in [4.78, 5) is 4.27. The molecule has 0 amide bonds. The average Bonchev–Trinajstić information content (AvgIpc) is 2.83. The van der Waals surface area contributed by atoms with Gasteiger partial charge in [0.2, 0.25) is 0 Å². The summed E-state index contributed by atoms with van der Waals surface area (Å²) in [6, 6.07) is 1.94. The Balaban J connectivity index is 1.91. The van der Waals surface area contributed by atoms with Crippen LogP contribution >= 0.6 is 22.7 Å². The molecule has 0 bridgehead atoms. The second-order valence-corrected chi connectivity index (χ2v) is 5.01. The molecule has 0 fully saturated rings. The molecule has 2 rings (SSSR count). The molecular formula is C10H9F3N2S2. The molecule has 0 radical (unpaired) electrons. The summed E-state index contributed by atoms with van der Waals surface area (Å²) in [5, 5.41) is 8.85. The minimum atomic E-state index is -4.17. The number of hydrogen-bond donors (Lipinski definition) is 1. The second-order valence-electron chi connectivity index (χ2n) is 3.37. The first-order chi connectivity index (χ1) is 8.04. The summed E-state index contributed by atoms with van der Waals surface area (Å²) in [5.41, 5.74) is 1.66. The number of rotatable bonds is 4. The van der Waals surface area contributed by atoms with Crippen molar-refractivity contribution in [3.63, 3.8) is 0 Å². The maximum Gasteiger partial charge on any atom is 0.401 e. The molecule has 0 saturated carbocycles. The van der Waals surface area contributed by atoms with Gasteiger partial charge in [0.15, 0.2) is 0 Å². The molecule has 1 N–H and O–H groups in total. The maximum atomic E-state index is 11.9. The lowest BCUT2D eigenvalue weighted by atomic mass is 10.3. The van der Waals surface area contributed by atoms with Gasteiger partial charge in [-0.2, -0.15) is 24.5 Å². The van der Waals surface area contributed by atoms with Crippen LogP contribution < -0.4 is 5.32 Å². The second kappa shape index (κ2) is 5.16. The predicted octanol–water partition coefficient (Wildman–Crippen LogP) is 3.52. The topological polar surface area (TPSA) is 24.9 Å². The van der Waals surface area contributed by atoms with Gasteiger partial charge in [-0.25, -0.2) is 4.98 Å². The van der Waals surface area contributed by atoms with Crippen molar-refractivity contribution in [2.45, 2.75) is 12.7 Å². The average molecular weight is 278 g/mol. The summed E-state index contributed by atoms with van der Waals surface area (Å²) in [6.07, 6.45) is -4.17. The summed E-state index contributed by atoms with van der Waals surface area (Å²) < 4.78 is 35.7. The Labute approximate surface area is 104 Å². The number of halogens is 3. The van der Waals surface area contributed by atoms with E-state index in [9.17, 15) is 13.2 Å². The first kappa shape index (κ1) is 12.5. The Morgan fingerprint density at radius 3 is 2.76 bits per heavy atom. The fourth-order valence-corrected chi connectivity index (χ4v) is 2.77. The van der Waals surface area contributed by atoms with Crippen LogP contribution in [0.1, 0.15) is 5.69 Å². The molecule has 2 aromatic heterocycles. The van der Waals surface area contributed by atoms with Gasteiger partial charge in [-0.05, 0) is 11.4 Å². The number of thiazole rings is 1. The molecule has 0 aliphatic carbocycles. The van der Waals surface area contributed by atoms with E-state index >= 15 is 0 Å². The van der Waals surface area contributed by atoms with E-state index < -0.39 is 12.7 Å². The molecule has 7 heteroatoms. The molecule has 2 aromatic rings. The van der Waals surface area contributed by atoms with Crippen molar-refractivity contribution in [1.29, 1.82) is 0 Å². The van der Waals surface area contributed by atoms with Crippen LogP contribution in [0.4, 0.5) is 13.2 Å². The highest BCUT2D eigenvalue weighted by atomic mass is 32.1. The lowest BCUT2D eigenvalue weighted by Gasteiger charge is -2.06.